The predicted molar refractivity (Wildman–Crippen MR) is 84.5 cm³/mol. The fourth-order valence-electron chi connectivity index (χ4n) is 2.22. The van der Waals surface area contributed by atoms with Gasteiger partial charge in [-0.25, -0.2) is 13.6 Å². The minimum Gasteiger partial charge on any atom is -0.492 e. The zero-order valence-corrected chi connectivity index (χ0v) is 13.6. The summed E-state index contributed by atoms with van der Waals surface area (Å²) in [4.78, 5) is 2.47. The zero-order chi connectivity index (χ0) is 14.6. The Bertz CT molecular complexity index is 536. The Kier molecular flexibility index (Phi) is 6.89. The van der Waals surface area contributed by atoms with Crippen LogP contribution in [-0.2, 0) is 10.0 Å². The zero-order valence-electron chi connectivity index (χ0n) is 12.0. The van der Waals surface area contributed by atoms with Gasteiger partial charge in [-0.3, -0.25) is 4.90 Å². The molecule has 1 unspecified atom stereocenters. The third-order valence-electron chi connectivity index (χ3n) is 3.44. The molecule has 120 valence electrons. The van der Waals surface area contributed by atoms with Gasteiger partial charge in [-0.2, -0.15) is 0 Å². The highest BCUT2D eigenvalue weighted by molar-refractivity contribution is 7.89. The van der Waals surface area contributed by atoms with E-state index in [0.29, 0.717) is 18.4 Å². The molecule has 1 saturated heterocycles. The van der Waals surface area contributed by atoms with Crippen molar-refractivity contribution in [3.63, 3.8) is 0 Å². The topological polar surface area (TPSA) is 84.7 Å². The van der Waals surface area contributed by atoms with Crippen molar-refractivity contribution in [3.05, 3.63) is 24.3 Å². The molecular weight excluding hydrogens is 314 g/mol. The number of ether oxygens (including phenoxy) is 1. The van der Waals surface area contributed by atoms with Crippen LogP contribution < -0.4 is 15.2 Å². The number of sulfonamides is 1. The van der Waals surface area contributed by atoms with Crippen LogP contribution in [0.3, 0.4) is 0 Å². The number of nitrogens with one attached hydrogen (secondary N) is 1. The third kappa shape index (κ3) is 5.44. The van der Waals surface area contributed by atoms with Gasteiger partial charge < -0.3 is 10.1 Å². The lowest BCUT2D eigenvalue weighted by molar-refractivity contribution is 0.143. The molecule has 1 aliphatic heterocycles. The molecule has 2 rings (SSSR count). The van der Waals surface area contributed by atoms with Gasteiger partial charge in [0.25, 0.3) is 0 Å². The molecule has 0 aromatic heterocycles. The predicted octanol–water partition coefficient (Wildman–Crippen LogP) is 0.428. The first-order chi connectivity index (χ1) is 9.47. The van der Waals surface area contributed by atoms with Gasteiger partial charge in [0.1, 0.15) is 12.4 Å². The molecule has 1 fully saturated rings. The summed E-state index contributed by atoms with van der Waals surface area (Å²) in [6.07, 6.45) is 0. The molecule has 21 heavy (non-hydrogen) atoms. The van der Waals surface area contributed by atoms with Crippen molar-refractivity contribution in [3.8, 4) is 5.75 Å². The second-order valence-electron chi connectivity index (χ2n) is 4.95. The summed E-state index contributed by atoms with van der Waals surface area (Å²) in [6, 6.07) is 6.68. The van der Waals surface area contributed by atoms with Gasteiger partial charge >= 0.3 is 0 Å². The van der Waals surface area contributed by atoms with Crippen molar-refractivity contribution in [1.82, 2.24) is 10.2 Å². The Balaban J connectivity index is 0.00000220. The summed E-state index contributed by atoms with van der Waals surface area (Å²) in [5.41, 5.74) is 0. The van der Waals surface area contributed by atoms with E-state index in [0.717, 1.165) is 26.2 Å². The van der Waals surface area contributed by atoms with Crippen molar-refractivity contribution in [2.75, 3.05) is 32.8 Å². The normalized spacial score (nSPS) is 19.8. The SMILES string of the molecule is CC1CNCCN1CCOc1ccc(S(N)(=O)=O)cc1.Cl. The second-order valence-corrected chi connectivity index (χ2v) is 6.52. The highest BCUT2D eigenvalue weighted by Gasteiger charge is 2.17. The number of hydrogen-bond acceptors (Lipinski definition) is 5. The number of hydrogen-bond donors (Lipinski definition) is 2. The first-order valence-corrected chi connectivity index (χ1v) is 8.22. The largest absolute Gasteiger partial charge is 0.492 e. The van der Waals surface area contributed by atoms with Crippen LogP contribution in [0.15, 0.2) is 29.2 Å². The molecule has 8 heteroatoms. The summed E-state index contributed by atoms with van der Waals surface area (Å²) in [6.45, 7) is 6.66. The Labute approximate surface area is 132 Å². The van der Waals surface area contributed by atoms with Crippen LogP contribution in [0, 0.1) is 0 Å². The van der Waals surface area contributed by atoms with Crippen molar-refractivity contribution in [2.45, 2.75) is 17.9 Å². The minimum atomic E-state index is -3.64. The van der Waals surface area contributed by atoms with E-state index in [9.17, 15) is 8.42 Å². The standard InChI is InChI=1S/C13H21N3O3S.ClH/c1-11-10-15-6-7-16(11)8-9-19-12-2-4-13(5-3-12)20(14,17)18;/h2-5,11,15H,6-10H2,1H3,(H2,14,17,18);1H. The Morgan fingerprint density at radius 1 is 1.38 bits per heavy atom. The van der Waals surface area contributed by atoms with Crippen LogP contribution in [0.2, 0.25) is 0 Å². The molecule has 3 N–H and O–H groups in total. The molecule has 1 heterocycles. The molecule has 1 aromatic carbocycles. The van der Waals surface area contributed by atoms with E-state index < -0.39 is 10.0 Å². The van der Waals surface area contributed by atoms with Crippen LogP contribution in [0.4, 0.5) is 0 Å². The maximum atomic E-state index is 11.1. The van der Waals surface area contributed by atoms with Gasteiger partial charge in [-0.05, 0) is 31.2 Å². The Morgan fingerprint density at radius 2 is 2.05 bits per heavy atom. The number of benzene rings is 1. The van der Waals surface area contributed by atoms with E-state index in [1.165, 1.54) is 12.1 Å². The first kappa shape index (κ1) is 18.2. The minimum absolute atomic E-state index is 0. The van der Waals surface area contributed by atoms with Crippen LogP contribution in [0.5, 0.6) is 5.75 Å². The lowest BCUT2D eigenvalue weighted by Gasteiger charge is -2.33. The third-order valence-corrected chi connectivity index (χ3v) is 4.37. The maximum Gasteiger partial charge on any atom is 0.238 e. The van der Waals surface area contributed by atoms with E-state index in [4.69, 9.17) is 9.88 Å². The van der Waals surface area contributed by atoms with Crippen LogP contribution in [-0.4, -0.2) is 52.1 Å². The lowest BCUT2D eigenvalue weighted by atomic mass is 10.2. The van der Waals surface area contributed by atoms with E-state index in [1.807, 2.05) is 0 Å². The fraction of sp³-hybridized carbons (Fsp3) is 0.538. The molecule has 0 bridgehead atoms. The Hall–Kier alpha value is -0.860. The molecular formula is C13H22ClN3O3S. The molecule has 1 aromatic rings. The summed E-state index contributed by atoms with van der Waals surface area (Å²) in [7, 11) is -3.64. The number of nitrogens with zero attached hydrogens (tertiary/aromatic N) is 1. The molecule has 6 nitrogen and oxygen atoms in total. The monoisotopic (exact) mass is 335 g/mol. The van der Waals surface area contributed by atoms with Crippen LogP contribution >= 0.6 is 12.4 Å². The average Bonchev–Trinajstić information content (AvgIpc) is 2.40. The molecule has 0 amide bonds. The van der Waals surface area contributed by atoms with Crippen molar-refractivity contribution >= 4 is 22.4 Å². The highest BCUT2D eigenvalue weighted by Crippen LogP contribution is 2.15. The van der Waals surface area contributed by atoms with Crippen molar-refractivity contribution in [2.24, 2.45) is 5.14 Å². The van der Waals surface area contributed by atoms with Gasteiger partial charge in [0.15, 0.2) is 0 Å². The fourth-order valence-corrected chi connectivity index (χ4v) is 2.74. The molecule has 0 aliphatic carbocycles. The second kappa shape index (κ2) is 7.95. The molecule has 0 radical (unpaired) electrons. The van der Waals surface area contributed by atoms with E-state index >= 15 is 0 Å². The van der Waals surface area contributed by atoms with Crippen LogP contribution in [0.1, 0.15) is 6.92 Å². The molecule has 0 saturated carbocycles. The number of halogens is 1. The summed E-state index contributed by atoms with van der Waals surface area (Å²) in [5.74, 6) is 0.653. The van der Waals surface area contributed by atoms with Crippen molar-refractivity contribution in [1.29, 1.82) is 0 Å². The quantitative estimate of drug-likeness (QED) is 0.815. The van der Waals surface area contributed by atoms with Gasteiger partial charge in [0.05, 0.1) is 4.90 Å². The number of nitrogens with two attached hydrogens (primary N) is 1. The number of rotatable bonds is 5. The summed E-state index contributed by atoms with van der Waals surface area (Å²) in [5, 5.41) is 8.38. The van der Waals surface area contributed by atoms with Gasteiger partial charge in [0.2, 0.25) is 10.0 Å². The van der Waals surface area contributed by atoms with Crippen molar-refractivity contribution < 1.29 is 13.2 Å². The number of piperazine rings is 1. The maximum absolute atomic E-state index is 11.1. The average molecular weight is 336 g/mol. The Morgan fingerprint density at radius 3 is 2.62 bits per heavy atom. The smallest absolute Gasteiger partial charge is 0.238 e. The van der Waals surface area contributed by atoms with Gasteiger partial charge in [-0.1, -0.05) is 0 Å². The van der Waals surface area contributed by atoms with E-state index in [1.54, 1.807) is 12.1 Å². The summed E-state index contributed by atoms with van der Waals surface area (Å²) >= 11 is 0. The highest BCUT2D eigenvalue weighted by atomic mass is 35.5. The molecule has 1 atom stereocenters. The first-order valence-electron chi connectivity index (χ1n) is 6.67. The van der Waals surface area contributed by atoms with Crippen LogP contribution in [0.25, 0.3) is 0 Å². The molecule has 0 spiro atoms. The van der Waals surface area contributed by atoms with Gasteiger partial charge in [-0.15, -0.1) is 12.4 Å². The van der Waals surface area contributed by atoms with Gasteiger partial charge in [0, 0.05) is 32.2 Å². The van der Waals surface area contributed by atoms with E-state index in [-0.39, 0.29) is 17.3 Å². The molecule has 1 aliphatic rings. The van der Waals surface area contributed by atoms with E-state index in [2.05, 4.69) is 17.1 Å². The lowest BCUT2D eigenvalue weighted by Crippen LogP contribution is -2.50. The summed E-state index contributed by atoms with van der Waals surface area (Å²) < 4.78 is 27.9. The number of primary sulfonamides is 1.